The first-order chi connectivity index (χ1) is 14.8. The van der Waals surface area contributed by atoms with E-state index >= 15 is 0 Å². The number of rotatable bonds is 6. The summed E-state index contributed by atoms with van der Waals surface area (Å²) in [6.45, 7) is 5.57. The van der Waals surface area contributed by atoms with Gasteiger partial charge in [0.1, 0.15) is 5.69 Å². The fraction of sp³-hybridized carbons (Fsp3) is 0.208. The number of nitriles is 1. The summed E-state index contributed by atoms with van der Waals surface area (Å²) in [6, 6.07) is 10.6. The Labute approximate surface area is 179 Å². The monoisotopic (exact) mass is 414 g/mol. The van der Waals surface area contributed by atoms with E-state index in [0.29, 0.717) is 11.1 Å². The molecule has 0 aliphatic heterocycles. The minimum absolute atomic E-state index is 0.0707. The number of nitrogens with one attached hydrogen (secondary N) is 1. The molecule has 0 unspecified atom stereocenters. The number of aromatic nitrogens is 3. The van der Waals surface area contributed by atoms with Crippen molar-refractivity contribution in [2.75, 3.05) is 0 Å². The van der Waals surface area contributed by atoms with E-state index in [1.165, 1.54) is 10.6 Å². The molecule has 0 atom stereocenters. The molecule has 0 amide bonds. The standard InChI is InChI=1S/C24H22N4O3/c1-15(2)20-21(22(29)19-12-16(3)11-18(13-19)5-4-8-25)28(24(31)27-23(20)30)14-17-6-9-26-10-7-17/h4-7,9-13,15H,14H2,1-3H3,(H,27,30,31)/b5-4+. The highest BCUT2D eigenvalue weighted by molar-refractivity contribution is 6.09. The maximum absolute atomic E-state index is 13.7. The van der Waals surface area contributed by atoms with Gasteiger partial charge in [0.05, 0.1) is 12.6 Å². The maximum Gasteiger partial charge on any atom is 0.329 e. The summed E-state index contributed by atoms with van der Waals surface area (Å²) in [5.41, 5.74) is 1.74. The van der Waals surface area contributed by atoms with Crippen LogP contribution in [-0.2, 0) is 6.54 Å². The zero-order chi connectivity index (χ0) is 22.5. The normalized spacial score (nSPS) is 11.1. The van der Waals surface area contributed by atoms with E-state index in [1.807, 2.05) is 19.1 Å². The molecule has 0 aliphatic carbocycles. The van der Waals surface area contributed by atoms with E-state index in [0.717, 1.165) is 11.1 Å². The van der Waals surface area contributed by atoms with Gasteiger partial charge in [-0.15, -0.1) is 0 Å². The second kappa shape index (κ2) is 9.18. The molecule has 3 aromatic rings. The average Bonchev–Trinajstić information content (AvgIpc) is 2.73. The highest BCUT2D eigenvalue weighted by Crippen LogP contribution is 2.21. The number of carbonyl (C=O) groups excluding carboxylic acids is 1. The number of hydrogen-bond acceptors (Lipinski definition) is 5. The fourth-order valence-corrected chi connectivity index (χ4v) is 3.50. The summed E-state index contributed by atoms with van der Waals surface area (Å²) in [4.78, 5) is 45.4. The number of carbonyl (C=O) groups is 1. The van der Waals surface area contributed by atoms with E-state index in [4.69, 9.17) is 5.26 Å². The van der Waals surface area contributed by atoms with Crippen LogP contribution in [0.2, 0.25) is 0 Å². The van der Waals surface area contributed by atoms with Crippen molar-refractivity contribution in [3.63, 3.8) is 0 Å². The van der Waals surface area contributed by atoms with E-state index in [2.05, 4.69) is 9.97 Å². The Morgan fingerprint density at radius 2 is 1.94 bits per heavy atom. The number of H-pyrrole nitrogens is 1. The molecular formula is C24H22N4O3. The van der Waals surface area contributed by atoms with Crippen molar-refractivity contribution >= 4 is 11.9 Å². The fourth-order valence-electron chi connectivity index (χ4n) is 3.50. The topological polar surface area (TPSA) is 109 Å². The summed E-state index contributed by atoms with van der Waals surface area (Å²) >= 11 is 0. The molecule has 0 saturated carbocycles. The smallest absolute Gasteiger partial charge is 0.287 e. The summed E-state index contributed by atoms with van der Waals surface area (Å²) in [5.74, 6) is -0.703. The molecule has 31 heavy (non-hydrogen) atoms. The number of aryl methyl sites for hydroxylation is 1. The lowest BCUT2D eigenvalue weighted by atomic mass is 9.95. The maximum atomic E-state index is 13.7. The van der Waals surface area contributed by atoms with Crippen LogP contribution in [0.3, 0.4) is 0 Å². The van der Waals surface area contributed by atoms with Crippen LogP contribution in [-0.4, -0.2) is 20.3 Å². The highest BCUT2D eigenvalue weighted by Gasteiger charge is 2.25. The van der Waals surface area contributed by atoms with Crippen LogP contribution >= 0.6 is 0 Å². The van der Waals surface area contributed by atoms with Crippen molar-refractivity contribution in [1.82, 2.24) is 14.5 Å². The van der Waals surface area contributed by atoms with Gasteiger partial charge in [0.25, 0.3) is 5.56 Å². The van der Waals surface area contributed by atoms with Crippen LogP contribution in [0.25, 0.3) is 6.08 Å². The van der Waals surface area contributed by atoms with Crippen LogP contribution in [0.1, 0.15) is 58.1 Å². The number of aromatic amines is 1. The Bertz CT molecular complexity index is 1310. The molecule has 0 fully saturated rings. The van der Waals surface area contributed by atoms with Crippen LogP contribution in [0.15, 0.2) is 58.4 Å². The zero-order valence-electron chi connectivity index (χ0n) is 17.5. The quantitative estimate of drug-likeness (QED) is 0.492. The number of ketones is 1. The third-order valence-corrected chi connectivity index (χ3v) is 4.83. The Morgan fingerprint density at radius 1 is 1.23 bits per heavy atom. The van der Waals surface area contributed by atoms with Crippen molar-refractivity contribution in [2.24, 2.45) is 0 Å². The van der Waals surface area contributed by atoms with Crippen molar-refractivity contribution in [3.05, 3.63) is 103 Å². The van der Waals surface area contributed by atoms with Crippen molar-refractivity contribution in [1.29, 1.82) is 5.26 Å². The molecule has 0 saturated heterocycles. The van der Waals surface area contributed by atoms with Crippen LogP contribution < -0.4 is 11.2 Å². The van der Waals surface area contributed by atoms with Crippen LogP contribution in [0.5, 0.6) is 0 Å². The lowest BCUT2D eigenvalue weighted by Crippen LogP contribution is -2.38. The first kappa shape index (κ1) is 21.7. The Hall–Kier alpha value is -4.05. The number of nitrogens with zero attached hydrogens (tertiary/aromatic N) is 3. The van der Waals surface area contributed by atoms with Crippen LogP contribution in [0, 0.1) is 18.3 Å². The number of hydrogen-bond donors (Lipinski definition) is 1. The molecule has 0 radical (unpaired) electrons. The number of benzene rings is 1. The van der Waals surface area contributed by atoms with E-state index in [9.17, 15) is 14.4 Å². The summed E-state index contributed by atoms with van der Waals surface area (Å²) in [7, 11) is 0. The lowest BCUT2D eigenvalue weighted by molar-refractivity contribution is 0.102. The molecule has 3 rings (SSSR count). The molecule has 2 aromatic heterocycles. The molecule has 0 bridgehead atoms. The van der Waals surface area contributed by atoms with Gasteiger partial charge in [-0.2, -0.15) is 5.26 Å². The van der Waals surface area contributed by atoms with Gasteiger partial charge in [-0.05, 0) is 59.9 Å². The summed E-state index contributed by atoms with van der Waals surface area (Å²) in [5, 5.41) is 8.80. The molecule has 0 spiro atoms. The van der Waals surface area contributed by atoms with E-state index in [-0.39, 0.29) is 23.7 Å². The second-order valence-electron chi connectivity index (χ2n) is 7.54. The first-order valence-electron chi connectivity index (χ1n) is 9.80. The highest BCUT2D eigenvalue weighted by atomic mass is 16.2. The SMILES string of the molecule is Cc1cc(/C=C/C#N)cc(C(=O)c2c(C(C)C)c(=O)[nH]c(=O)n2Cc2ccncc2)c1. The third-order valence-electron chi connectivity index (χ3n) is 4.83. The van der Waals surface area contributed by atoms with Crippen molar-refractivity contribution < 1.29 is 4.79 Å². The Balaban J connectivity index is 2.26. The van der Waals surface area contributed by atoms with Gasteiger partial charge in [0, 0.05) is 29.6 Å². The third kappa shape index (κ3) is 4.75. The molecule has 1 N–H and O–H groups in total. The van der Waals surface area contributed by atoms with Gasteiger partial charge in [0.15, 0.2) is 0 Å². The Morgan fingerprint density at radius 3 is 2.58 bits per heavy atom. The largest absolute Gasteiger partial charge is 0.329 e. The summed E-state index contributed by atoms with van der Waals surface area (Å²) < 4.78 is 1.31. The molecule has 0 aliphatic rings. The predicted molar refractivity (Wildman–Crippen MR) is 118 cm³/mol. The number of pyridine rings is 1. The molecule has 1 aromatic carbocycles. The second-order valence-corrected chi connectivity index (χ2v) is 7.54. The molecule has 156 valence electrons. The Kier molecular flexibility index (Phi) is 6.41. The van der Waals surface area contributed by atoms with Crippen molar-refractivity contribution in [3.8, 4) is 6.07 Å². The molecular weight excluding hydrogens is 392 g/mol. The van der Waals surface area contributed by atoms with Gasteiger partial charge < -0.3 is 0 Å². The molecule has 2 heterocycles. The first-order valence-corrected chi connectivity index (χ1v) is 9.80. The van der Waals surface area contributed by atoms with E-state index < -0.39 is 17.0 Å². The molecule has 7 heteroatoms. The lowest BCUT2D eigenvalue weighted by Gasteiger charge is -2.18. The van der Waals surface area contributed by atoms with Gasteiger partial charge in [-0.25, -0.2) is 4.79 Å². The molecule has 7 nitrogen and oxygen atoms in total. The summed E-state index contributed by atoms with van der Waals surface area (Å²) in [6.07, 6.45) is 6.14. The zero-order valence-corrected chi connectivity index (χ0v) is 17.5. The minimum atomic E-state index is -0.646. The van der Waals surface area contributed by atoms with E-state index in [1.54, 1.807) is 56.6 Å². The van der Waals surface area contributed by atoms with Crippen molar-refractivity contribution in [2.45, 2.75) is 33.2 Å². The van der Waals surface area contributed by atoms with Gasteiger partial charge in [-0.1, -0.05) is 19.9 Å². The van der Waals surface area contributed by atoms with Crippen LogP contribution in [0.4, 0.5) is 0 Å². The number of allylic oxidation sites excluding steroid dienone is 1. The van der Waals surface area contributed by atoms with Gasteiger partial charge in [0.2, 0.25) is 5.78 Å². The predicted octanol–water partition coefficient (Wildman–Crippen LogP) is 3.18. The minimum Gasteiger partial charge on any atom is -0.287 e. The van der Waals surface area contributed by atoms with Gasteiger partial charge in [-0.3, -0.25) is 24.1 Å². The van der Waals surface area contributed by atoms with Gasteiger partial charge >= 0.3 is 5.69 Å². The average molecular weight is 414 g/mol.